The van der Waals surface area contributed by atoms with Gasteiger partial charge in [0.2, 0.25) is 0 Å². The van der Waals surface area contributed by atoms with Crippen molar-refractivity contribution in [1.82, 2.24) is 0 Å². The van der Waals surface area contributed by atoms with Crippen molar-refractivity contribution >= 4 is 17.7 Å². The van der Waals surface area contributed by atoms with E-state index >= 15 is 0 Å². The Morgan fingerprint density at radius 3 is 2.65 bits per heavy atom. The number of rotatable bonds is 4. The summed E-state index contributed by atoms with van der Waals surface area (Å²) in [7, 11) is 1.40. The molecule has 0 aromatic heterocycles. The molecule has 1 unspecified atom stereocenters. The van der Waals surface area contributed by atoms with Crippen LogP contribution in [0.15, 0.2) is 42.5 Å². The maximum atomic E-state index is 11.9. The Labute approximate surface area is 140 Å². The molecule has 0 saturated heterocycles. The minimum Gasteiger partial charge on any atom is -0.465 e. The summed E-state index contributed by atoms with van der Waals surface area (Å²) in [5.74, 6) is 0.359. The molecule has 23 heavy (non-hydrogen) atoms. The average molecular weight is 328 g/mol. The number of aryl methyl sites for hydroxylation is 2. The highest BCUT2D eigenvalue weighted by Gasteiger charge is 2.24. The number of aliphatic hydroxyl groups is 1. The fraction of sp³-hybridized carbons (Fsp3) is 0.316. The van der Waals surface area contributed by atoms with Crippen molar-refractivity contribution in [1.29, 1.82) is 0 Å². The Bertz CT molecular complexity index is 712. The van der Waals surface area contributed by atoms with Gasteiger partial charge in [-0.15, -0.1) is 11.8 Å². The third kappa shape index (κ3) is 3.28. The summed E-state index contributed by atoms with van der Waals surface area (Å²) in [6.07, 6.45) is 1.96. The lowest BCUT2D eigenvalue weighted by atomic mass is 9.97. The summed E-state index contributed by atoms with van der Waals surface area (Å²) >= 11 is 1.72. The molecule has 0 fully saturated rings. The number of aliphatic hydroxyl groups excluding tert-OH is 1. The quantitative estimate of drug-likeness (QED) is 0.874. The molecule has 3 nitrogen and oxygen atoms in total. The first-order valence-electron chi connectivity index (χ1n) is 7.76. The summed E-state index contributed by atoms with van der Waals surface area (Å²) < 4.78 is 4.86. The Balaban J connectivity index is 2.10. The highest BCUT2D eigenvalue weighted by atomic mass is 32.2. The first-order chi connectivity index (χ1) is 11.2. The largest absolute Gasteiger partial charge is 0.465 e. The van der Waals surface area contributed by atoms with E-state index in [2.05, 4.69) is 24.3 Å². The highest BCUT2D eigenvalue weighted by molar-refractivity contribution is 7.99. The van der Waals surface area contributed by atoms with E-state index in [0.29, 0.717) is 11.3 Å². The van der Waals surface area contributed by atoms with E-state index < -0.39 is 0 Å². The van der Waals surface area contributed by atoms with Gasteiger partial charge in [-0.2, -0.15) is 0 Å². The monoisotopic (exact) mass is 328 g/mol. The van der Waals surface area contributed by atoms with Gasteiger partial charge in [-0.3, -0.25) is 0 Å². The van der Waals surface area contributed by atoms with Gasteiger partial charge in [-0.1, -0.05) is 30.3 Å². The van der Waals surface area contributed by atoms with E-state index in [1.807, 2.05) is 18.2 Å². The number of benzene rings is 2. The lowest BCUT2D eigenvalue weighted by Gasteiger charge is -2.20. The number of ether oxygens (including phenoxy) is 1. The normalized spacial score (nSPS) is 16.2. The molecule has 120 valence electrons. The molecule has 0 bridgehead atoms. The van der Waals surface area contributed by atoms with Crippen LogP contribution in [0.5, 0.6) is 0 Å². The second kappa shape index (κ2) is 7.20. The minimum absolute atomic E-state index is 0.139. The van der Waals surface area contributed by atoms with E-state index in [9.17, 15) is 9.90 Å². The van der Waals surface area contributed by atoms with Crippen molar-refractivity contribution in [2.75, 3.05) is 19.5 Å². The maximum absolute atomic E-state index is 11.9. The molecular weight excluding hydrogens is 308 g/mol. The summed E-state index contributed by atoms with van der Waals surface area (Å²) in [6.45, 7) is 0.148. The molecule has 0 spiro atoms. The second-order valence-electron chi connectivity index (χ2n) is 5.58. The predicted octanol–water partition coefficient (Wildman–Crippen LogP) is 3.39. The molecule has 1 aliphatic rings. The van der Waals surface area contributed by atoms with Crippen LogP contribution in [-0.2, 0) is 17.6 Å². The van der Waals surface area contributed by atoms with Crippen LogP contribution in [0, 0.1) is 0 Å². The van der Waals surface area contributed by atoms with Crippen LogP contribution >= 0.6 is 11.8 Å². The summed E-state index contributed by atoms with van der Waals surface area (Å²) in [4.78, 5) is 11.9. The second-order valence-corrected chi connectivity index (χ2v) is 6.79. The molecule has 1 atom stereocenters. The van der Waals surface area contributed by atoms with Gasteiger partial charge >= 0.3 is 5.97 Å². The van der Waals surface area contributed by atoms with Gasteiger partial charge in [0.05, 0.1) is 24.5 Å². The maximum Gasteiger partial charge on any atom is 0.337 e. The third-order valence-corrected chi connectivity index (χ3v) is 5.49. The number of hydrogen-bond acceptors (Lipinski definition) is 4. The molecular formula is C19H20O3S. The van der Waals surface area contributed by atoms with E-state index in [1.165, 1.54) is 23.8 Å². The number of methoxy groups -OCH3 is 1. The minimum atomic E-state index is -0.309. The van der Waals surface area contributed by atoms with Crippen LogP contribution in [0.2, 0.25) is 0 Å². The number of hydrogen-bond donors (Lipinski definition) is 1. The molecule has 0 heterocycles. The van der Waals surface area contributed by atoms with Gasteiger partial charge in [-0.05, 0) is 47.2 Å². The van der Waals surface area contributed by atoms with E-state index in [4.69, 9.17) is 4.74 Å². The standard InChI is InChI=1S/C19H20O3S/c1-22-19(21)15-9-8-14-7-6-13-4-2-3-5-16(13)18(17(14)12-15)23-11-10-20/h2-5,8-9,12,18,20H,6-7,10-11H2,1H3. The Morgan fingerprint density at radius 1 is 1.17 bits per heavy atom. The topological polar surface area (TPSA) is 46.5 Å². The molecule has 0 saturated carbocycles. The first-order valence-corrected chi connectivity index (χ1v) is 8.81. The Morgan fingerprint density at radius 2 is 1.91 bits per heavy atom. The van der Waals surface area contributed by atoms with E-state index in [0.717, 1.165) is 18.4 Å². The Hall–Kier alpha value is -1.78. The molecule has 1 aliphatic carbocycles. The van der Waals surface area contributed by atoms with Gasteiger partial charge in [0, 0.05) is 5.75 Å². The van der Waals surface area contributed by atoms with Gasteiger partial charge in [0.25, 0.3) is 0 Å². The molecule has 3 rings (SSSR count). The molecule has 2 aromatic rings. The third-order valence-electron chi connectivity index (χ3n) is 4.23. The number of carbonyl (C=O) groups excluding carboxylic acids is 1. The molecule has 2 aromatic carbocycles. The molecule has 1 N–H and O–H groups in total. The fourth-order valence-corrected chi connectivity index (χ4v) is 4.27. The van der Waals surface area contributed by atoms with Gasteiger partial charge in [0.15, 0.2) is 0 Å². The zero-order valence-corrected chi connectivity index (χ0v) is 13.9. The van der Waals surface area contributed by atoms with Crippen molar-refractivity contribution in [2.24, 2.45) is 0 Å². The van der Waals surface area contributed by atoms with Crippen molar-refractivity contribution in [2.45, 2.75) is 18.1 Å². The van der Waals surface area contributed by atoms with Crippen LogP contribution in [0.25, 0.3) is 0 Å². The molecule has 4 heteroatoms. The van der Waals surface area contributed by atoms with Crippen LogP contribution in [-0.4, -0.2) is 30.5 Å². The van der Waals surface area contributed by atoms with Crippen molar-refractivity contribution in [3.8, 4) is 0 Å². The lowest BCUT2D eigenvalue weighted by Crippen LogP contribution is -2.06. The summed E-state index contributed by atoms with van der Waals surface area (Å²) in [5.41, 5.74) is 5.64. The SMILES string of the molecule is COC(=O)c1ccc2c(c1)C(SCCO)c1ccccc1CC2. The van der Waals surface area contributed by atoms with Crippen LogP contribution < -0.4 is 0 Å². The number of esters is 1. The summed E-state index contributed by atoms with van der Waals surface area (Å²) in [5, 5.41) is 9.39. The Kier molecular flexibility index (Phi) is 5.03. The smallest absolute Gasteiger partial charge is 0.337 e. The van der Waals surface area contributed by atoms with Crippen molar-refractivity contribution in [3.63, 3.8) is 0 Å². The number of carbonyl (C=O) groups is 1. The van der Waals surface area contributed by atoms with E-state index in [-0.39, 0.29) is 17.8 Å². The predicted molar refractivity (Wildman–Crippen MR) is 93.0 cm³/mol. The van der Waals surface area contributed by atoms with E-state index in [1.54, 1.807) is 11.8 Å². The number of thioether (sulfide) groups is 1. The zero-order chi connectivity index (χ0) is 16.2. The van der Waals surface area contributed by atoms with Crippen LogP contribution in [0.4, 0.5) is 0 Å². The van der Waals surface area contributed by atoms with Crippen LogP contribution in [0.3, 0.4) is 0 Å². The van der Waals surface area contributed by atoms with Gasteiger partial charge in [0.1, 0.15) is 0 Å². The average Bonchev–Trinajstić information content (AvgIpc) is 2.75. The van der Waals surface area contributed by atoms with Crippen molar-refractivity contribution in [3.05, 3.63) is 70.3 Å². The zero-order valence-electron chi connectivity index (χ0n) is 13.1. The summed E-state index contributed by atoms with van der Waals surface area (Å²) in [6, 6.07) is 14.3. The fourth-order valence-electron chi connectivity index (χ4n) is 3.12. The molecule has 0 aliphatic heterocycles. The molecule has 0 amide bonds. The van der Waals surface area contributed by atoms with Gasteiger partial charge in [-0.25, -0.2) is 4.79 Å². The molecule has 0 radical (unpaired) electrons. The lowest BCUT2D eigenvalue weighted by molar-refractivity contribution is 0.0600. The highest BCUT2D eigenvalue weighted by Crippen LogP contribution is 2.42. The van der Waals surface area contributed by atoms with Crippen LogP contribution in [0.1, 0.15) is 37.9 Å². The first kappa shape index (κ1) is 16.1. The number of fused-ring (bicyclic) bond motifs is 2. The van der Waals surface area contributed by atoms with Gasteiger partial charge < -0.3 is 9.84 Å². The van der Waals surface area contributed by atoms with Crippen molar-refractivity contribution < 1.29 is 14.6 Å².